The van der Waals surface area contributed by atoms with Gasteiger partial charge in [-0.3, -0.25) is 0 Å². The number of nitrogens with two attached hydrogens (primary N) is 1. The van der Waals surface area contributed by atoms with Crippen LogP contribution in [0.15, 0.2) is 21.0 Å². The molecule has 2 nitrogen and oxygen atoms in total. The van der Waals surface area contributed by atoms with E-state index in [9.17, 15) is 0 Å². The molecule has 2 aromatic rings. The number of rotatable bonds is 0. The fourth-order valence-electron chi connectivity index (χ4n) is 1.44. The lowest BCUT2D eigenvalue weighted by Crippen LogP contribution is -1.89. The zero-order chi connectivity index (χ0) is 9.59. The van der Waals surface area contributed by atoms with Crippen LogP contribution in [0.3, 0.4) is 0 Å². The monoisotopic (exact) mass is 239 g/mol. The SMILES string of the molecule is Cc1cc2c(C)c(N)cc(Br)c2o1. The fraction of sp³-hybridized carbons (Fsp3) is 0.200. The second-order valence-electron chi connectivity index (χ2n) is 3.17. The van der Waals surface area contributed by atoms with Crippen LogP contribution in [0.4, 0.5) is 5.69 Å². The number of hydrogen-bond acceptors (Lipinski definition) is 2. The topological polar surface area (TPSA) is 39.2 Å². The van der Waals surface area contributed by atoms with Crippen LogP contribution in [-0.2, 0) is 0 Å². The van der Waals surface area contributed by atoms with Crippen LogP contribution in [0.2, 0.25) is 0 Å². The standard InChI is InChI=1S/C10H10BrNO/c1-5-3-7-6(2)9(12)4-8(11)10(7)13-5/h3-4H,12H2,1-2H3. The lowest BCUT2D eigenvalue weighted by molar-refractivity contribution is 0.577. The number of nitrogen functional groups attached to an aromatic ring is 1. The van der Waals surface area contributed by atoms with Crippen molar-refractivity contribution in [3.8, 4) is 0 Å². The molecule has 0 saturated carbocycles. The third kappa shape index (κ3) is 1.23. The summed E-state index contributed by atoms with van der Waals surface area (Å²) in [5, 5.41) is 1.09. The van der Waals surface area contributed by atoms with Gasteiger partial charge in [0.25, 0.3) is 0 Å². The average Bonchev–Trinajstić information content (AvgIpc) is 2.44. The number of hydrogen-bond donors (Lipinski definition) is 1. The van der Waals surface area contributed by atoms with Crippen LogP contribution in [0.25, 0.3) is 11.0 Å². The largest absolute Gasteiger partial charge is 0.460 e. The van der Waals surface area contributed by atoms with E-state index in [0.717, 1.165) is 32.5 Å². The summed E-state index contributed by atoms with van der Waals surface area (Å²) in [5.41, 5.74) is 8.57. The van der Waals surface area contributed by atoms with Crippen LogP contribution in [-0.4, -0.2) is 0 Å². The molecule has 2 rings (SSSR count). The van der Waals surface area contributed by atoms with Gasteiger partial charge in [0.1, 0.15) is 11.3 Å². The Labute approximate surface area is 84.8 Å². The Morgan fingerprint density at radius 1 is 1.31 bits per heavy atom. The Hall–Kier alpha value is -0.960. The normalized spacial score (nSPS) is 11.0. The maximum atomic E-state index is 5.82. The lowest BCUT2D eigenvalue weighted by Gasteiger charge is -2.01. The third-order valence-electron chi connectivity index (χ3n) is 2.19. The summed E-state index contributed by atoms with van der Waals surface area (Å²) < 4.78 is 6.45. The van der Waals surface area contributed by atoms with Gasteiger partial charge in [-0.1, -0.05) is 0 Å². The maximum Gasteiger partial charge on any atom is 0.148 e. The Morgan fingerprint density at radius 3 is 2.69 bits per heavy atom. The van der Waals surface area contributed by atoms with Crippen molar-refractivity contribution >= 4 is 32.6 Å². The van der Waals surface area contributed by atoms with Crippen molar-refractivity contribution in [2.75, 3.05) is 5.73 Å². The zero-order valence-corrected chi connectivity index (χ0v) is 9.10. The predicted molar refractivity (Wildman–Crippen MR) is 57.8 cm³/mol. The van der Waals surface area contributed by atoms with Crippen molar-refractivity contribution in [3.05, 3.63) is 27.9 Å². The van der Waals surface area contributed by atoms with Crippen LogP contribution in [0, 0.1) is 13.8 Å². The Kier molecular flexibility index (Phi) is 1.84. The summed E-state index contributed by atoms with van der Waals surface area (Å²) in [4.78, 5) is 0. The molecular formula is C10H10BrNO. The molecule has 1 aromatic carbocycles. The number of halogens is 1. The molecular weight excluding hydrogens is 230 g/mol. The number of furan rings is 1. The summed E-state index contributed by atoms with van der Waals surface area (Å²) in [6, 6.07) is 3.88. The molecule has 0 spiro atoms. The summed E-state index contributed by atoms with van der Waals surface area (Å²) in [6.45, 7) is 3.93. The van der Waals surface area contributed by atoms with E-state index in [-0.39, 0.29) is 0 Å². The smallest absolute Gasteiger partial charge is 0.148 e. The van der Waals surface area contributed by atoms with E-state index in [4.69, 9.17) is 10.2 Å². The van der Waals surface area contributed by atoms with Crippen molar-refractivity contribution in [1.29, 1.82) is 0 Å². The number of fused-ring (bicyclic) bond motifs is 1. The second-order valence-corrected chi connectivity index (χ2v) is 4.03. The van der Waals surface area contributed by atoms with Gasteiger partial charge in [0.2, 0.25) is 0 Å². The molecule has 0 saturated heterocycles. The van der Waals surface area contributed by atoms with Crippen LogP contribution in [0.5, 0.6) is 0 Å². The van der Waals surface area contributed by atoms with E-state index in [1.165, 1.54) is 0 Å². The molecule has 0 fully saturated rings. The molecule has 0 radical (unpaired) electrons. The summed E-state index contributed by atoms with van der Waals surface area (Å²) in [7, 11) is 0. The van der Waals surface area contributed by atoms with Gasteiger partial charge in [0, 0.05) is 11.1 Å². The van der Waals surface area contributed by atoms with E-state index < -0.39 is 0 Å². The molecule has 0 aliphatic rings. The average molecular weight is 240 g/mol. The van der Waals surface area contributed by atoms with Gasteiger partial charge < -0.3 is 10.2 Å². The number of benzene rings is 1. The Balaban J connectivity index is 2.95. The molecule has 0 aliphatic carbocycles. The molecule has 1 heterocycles. The first-order chi connectivity index (χ1) is 6.09. The summed E-state index contributed by atoms with van der Waals surface area (Å²) in [6.07, 6.45) is 0. The van der Waals surface area contributed by atoms with Gasteiger partial charge in [0.15, 0.2) is 0 Å². The Bertz CT molecular complexity index is 473. The molecule has 3 heteroatoms. The Morgan fingerprint density at radius 2 is 2.00 bits per heavy atom. The number of anilines is 1. The molecule has 0 aliphatic heterocycles. The summed E-state index contributed by atoms with van der Waals surface area (Å²) >= 11 is 3.42. The van der Waals surface area contributed by atoms with E-state index in [1.54, 1.807) is 0 Å². The minimum atomic E-state index is 0.792. The van der Waals surface area contributed by atoms with Gasteiger partial charge in [-0.25, -0.2) is 0 Å². The van der Waals surface area contributed by atoms with Crippen LogP contribution in [0.1, 0.15) is 11.3 Å². The molecule has 13 heavy (non-hydrogen) atoms. The first-order valence-corrected chi connectivity index (χ1v) is 4.83. The fourth-order valence-corrected chi connectivity index (χ4v) is 1.98. The molecule has 0 amide bonds. The highest BCUT2D eigenvalue weighted by Crippen LogP contribution is 2.32. The van der Waals surface area contributed by atoms with Crippen molar-refractivity contribution < 1.29 is 4.42 Å². The van der Waals surface area contributed by atoms with Crippen molar-refractivity contribution in [3.63, 3.8) is 0 Å². The highest BCUT2D eigenvalue weighted by atomic mass is 79.9. The minimum Gasteiger partial charge on any atom is -0.460 e. The molecule has 68 valence electrons. The van der Waals surface area contributed by atoms with Crippen LogP contribution >= 0.6 is 15.9 Å². The van der Waals surface area contributed by atoms with E-state index in [1.807, 2.05) is 26.0 Å². The van der Waals surface area contributed by atoms with Gasteiger partial charge in [0.05, 0.1) is 4.47 Å². The van der Waals surface area contributed by atoms with Gasteiger partial charge in [-0.15, -0.1) is 0 Å². The lowest BCUT2D eigenvalue weighted by atomic mass is 10.1. The highest BCUT2D eigenvalue weighted by molar-refractivity contribution is 9.10. The molecule has 0 atom stereocenters. The molecule has 0 unspecified atom stereocenters. The van der Waals surface area contributed by atoms with E-state index in [0.29, 0.717) is 0 Å². The number of aryl methyl sites for hydroxylation is 2. The van der Waals surface area contributed by atoms with Crippen LogP contribution < -0.4 is 5.73 Å². The second kappa shape index (κ2) is 2.77. The first kappa shape index (κ1) is 8.63. The molecule has 0 bridgehead atoms. The minimum absolute atomic E-state index is 0.792. The van der Waals surface area contributed by atoms with E-state index in [2.05, 4.69) is 15.9 Å². The third-order valence-corrected chi connectivity index (χ3v) is 2.78. The molecule has 1 aromatic heterocycles. The van der Waals surface area contributed by atoms with Crippen molar-refractivity contribution in [2.45, 2.75) is 13.8 Å². The summed E-state index contributed by atoms with van der Waals surface area (Å²) in [5.74, 6) is 0.907. The quantitative estimate of drug-likeness (QED) is 0.717. The highest BCUT2D eigenvalue weighted by Gasteiger charge is 2.09. The van der Waals surface area contributed by atoms with Gasteiger partial charge >= 0.3 is 0 Å². The zero-order valence-electron chi connectivity index (χ0n) is 7.52. The maximum absolute atomic E-state index is 5.82. The van der Waals surface area contributed by atoms with Crippen molar-refractivity contribution in [2.24, 2.45) is 0 Å². The van der Waals surface area contributed by atoms with Gasteiger partial charge in [-0.05, 0) is 47.5 Å². The molecule has 2 N–H and O–H groups in total. The first-order valence-electron chi connectivity index (χ1n) is 4.04. The van der Waals surface area contributed by atoms with Gasteiger partial charge in [-0.2, -0.15) is 0 Å². The predicted octanol–water partition coefficient (Wildman–Crippen LogP) is 3.39. The van der Waals surface area contributed by atoms with E-state index >= 15 is 0 Å². The van der Waals surface area contributed by atoms with Crippen molar-refractivity contribution in [1.82, 2.24) is 0 Å².